The van der Waals surface area contributed by atoms with Gasteiger partial charge in [-0.2, -0.15) is 0 Å². The van der Waals surface area contributed by atoms with E-state index < -0.39 is 0 Å². The van der Waals surface area contributed by atoms with Crippen LogP contribution in [0.15, 0.2) is 16.7 Å². The highest BCUT2D eigenvalue weighted by Crippen LogP contribution is 2.36. The fourth-order valence-electron chi connectivity index (χ4n) is 3.51. The lowest BCUT2D eigenvalue weighted by molar-refractivity contribution is 0.0527. The van der Waals surface area contributed by atoms with Crippen molar-refractivity contribution in [2.75, 3.05) is 6.54 Å². The van der Waals surface area contributed by atoms with E-state index in [9.17, 15) is 9.90 Å². The minimum Gasteiger partial charge on any atom is -0.452 e. The van der Waals surface area contributed by atoms with E-state index in [1.807, 2.05) is 4.90 Å². The summed E-state index contributed by atoms with van der Waals surface area (Å²) in [5, 5.41) is 10.2. The molecule has 1 aliphatic carbocycles. The molecule has 0 aromatic carbocycles. The van der Waals surface area contributed by atoms with Crippen LogP contribution in [0.25, 0.3) is 0 Å². The van der Waals surface area contributed by atoms with Crippen molar-refractivity contribution < 1.29 is 14.3 Å². The molecule has 4 nitrogen and oxygen atoms in total. The molecule has 0 radical (unpaired) electrons. The summed E-state index contributed by atoms with van der Waals surface area (Å²) in [7, 11) is 0. The van der Waals surface area contributed by atoms with Gasteiger partial charge in [-0.1, -0.05) is 6.42 Å². The van der Waals surface area contributed by atoms with Gasteiger partial charge < -0.3 is 14.4 Å². The summed E-state index contributed by atoms with van der Waals surface area (Å²) >= 11 is 5.89. The third-order valence-electron chi connectivity index (χ3n) is 4.43. The first-order valence-electron chi connectivity index (χ1n) is 6.90. The molecule has 1 saturated carbocycles. The first kappa shape index (κ1) is 13.0. The van der Waals surface area contributed by atoms with Crippen LogP contribution in [-0.2, 0) is 0 Å². The topological polar surface area (TPSA) is 53.7 Å². The Morgan fingerprint density at radius 2 is 2.21 bits per heavy atom. The number of aliphatic hydroxyl groups is 1. The molecule has 1 aliphatic heterocycles. The number of aliphatic hydroxyl groups excluding tert-OH is 1. The molecule has 0 spiro atoms. The fraction of sp³-hybridized carbons (Fsp3) is 0.643. The molecular formula is C14H18ClNO3. The second-order valence-electron chi connectivity index (χ2n) is 5.48. The number of amides is 1. The Balaban J connectivity index is 1.80. The van der Waals surface area contributed by atoms with Crippen LogP contribution in [0.4, 0.5) is 0 Å². The molecule has 3 rings (SSSR count). The van der Waals surface area contributed by atoms with E-state index in [4.69, 9.17) is 16.0 Å². The van der Waals surface area contributed by atoms with Crippen LogP contribution < -0.4 is 0 Å². The second kappa shape index (κ2) is 5.17. The Labute approximate surface area is 117 Å². The van der Waals surface area contributed by atoms with Gasteiger partial charge in [0.15, 0.2) is 0 Å². The summed E-state index contributed by atoms with van der Waals surface area (Å²) in [6.07, 6.45) is 6.06. The van der Waals surface area contributed by atoms with Gasteiger partial charge in [-0.3, -0.25) is 4.79 Å². The number of nitrogens with zero attached hydrogens (tertiary/aromatic N) is 1. The molecule has 2 heterocycles. The van der Waals surface area contributed by atoms with E-state index in [1.54, 1.807) is 6.07 Å². The minimum atomic E-state index is -0.266. The van der Waals surface area contributed by atoms with Gasteiger partial charge >= 0.3 is 0 Å². The molecule has 1 aromatic rings. The van der Waals surface area contributed by atoms with Gasteiger partial charge in [-0.15, -0.1) is 0 Å². The predicted octanol–water partition coefficient (Wildman–Crippen LogP) is 2.70. The molecule has 3 atom stereocenters. The number of hydrogen-bond acceptors (Lipinski definition) is 3. The average molecular weight is 284 g/mol. The lowest BCUT2D eigenvalue weighted by Crippen LogP contribution is -2.42. The average Bonchev–Trinajstić information content (AvgIpc) is 3.07. The summed E-state index contributed by atoms with van der Waals surface area (Å²) in [6, 6.07) is 1.77. The van der Waals surface area contributed by atoms with E-state index >= 15 is 0 Å². The van der Waals surface area contributed by atoms with Crippen LogP contribution in [0, 0.1) is 5.92 Å². The number of likely N-dealkylation sites (tertiary alicyclic amines) is 1. The predicted molar refractivity (Wildman–Crippen MR) is 71.1 cm³/mol. The maximum Gasteiger partial charge on any atom is 0.258 e. The highest BCUT2D eigenvalue weighted by atomic mass is 35.5. The Kier molecular flexibility index (Phi) is 3.54. The van der Waals surface area contributed by atoms with Gasteiger partial charge in [-0.05, 0) is 43.4 Å². The van der Waals surface area contributed by atoms with Crippen LogP contribution in [0.1, 0.15) is 42.5 Å². The van der Waals surface area contributed by atoms with Crippen molar-refractivity contribution in [1.29, 1.82) is 0 Å². The zero-order chi connectivity index (χ0) is 13.4. The number of halogens is 1. The van der Waals surface area contributed by atoms with Crippen LogP contribution in [0.5, 0.6) is 0 Å². The van der Waals surface area contributed by atoms with Crippen molar-refractivity contribution in [1.82, 2.24) is 4.90 Å². The highest BCUT2D eigenvalue weighted by Gasteiger charge is 2.40. The zero-order valence-electron chi connectivity index (χ0n) is 10.7. The molecule has 5 heteroatoms. The Morgan fingerprint density at radius 1 is 1.37 bits per heavy atom. The summed E-state index contributed by atoms with van der Waals surface area (Å²) in [6.45, 7) is 0.744. The minimum absolute atomic E-state index is 0.0691. The Bertz CT molecular complexity index is 473. The maximum absolute atomic E-state index is 12.5. The van der Waals surface area contributed by atoms with Gasteiger partial charge in [0.1, 0.15) is 0 Å². The van der Waals surface area contributed by atoms with E-state index in [0.717, 1.165) is 38.6 Å². The van der Waals surface area contributed by atoms with Crippen LogP contribution in [0.3, 0.4) is 0 Å². The van der Waals surface area contributed by atoms with Crippen LogP contribution in [-0.4, -0.2) is 34.6 Å². The third kappa shape index (κ3) is 2.28. The van der Waals surface area contributed by atoms with Crippen molar-refractivity contribution in [2.24, 2.45) is 5.92 Å². The van der Waals surface area contributed by atoms with E-state index in [2.05, 4.69) is 0 Å². The lowest BCUT2D eigenvalue weighted by Gasteiger charge is -2.31. The monoisotopic (exact) mass is 283 g/mol. The molecule has 1 N–H and O–H groups in total. The smallest absolute Gasteiger partial charge is 0.258 e. The highest BCUT2D eigenvalue weighted by molar-refractivity contribution is 6.32. The summed E-state index contributed by atoms with van der Waals surface area (Å²) in [5.41, 5.74) is 0.432. The van der Waals surface area contributed by atoms with Crippen molar-refractivity contribution in [3.63, 3.8) is 0 Å². The summed E-state index contributed by atoms with van der Waals surface area (Å²) in [5.74, 6) is 0.150. The van der Waals surface area contributed by atoms with E-state index in [-0.39, 0.29) is 29.2 Å². The molecule has 1 aromatic heterocycles. The SMILES string of the molecule is O=C(c1ccoc1Cl)N1CCCC1C1CCCC1O. The maximum atomic E-state index is 12.5. The first-order valence-corrected chi connectivity index (χ1v) is 7.28. The van der Waals surface area contributed by atoms with Gasteiger partial charge in [0.25, 0.3) is 5.91 Å². The Morgan fingerprint density at radius 3 is 2.84 bits per heavy atom. The number of furan rings is 1. The normalized spacial score (nSPS) is 31.1. The van der Waals surface area contributed by atoms with Crippen LogP contribution in [0.2, 0.25) is 5.22 Å². The molecular weight excluding hydrogens is 266 g/mol. The number of carbonyl (C=O) groups excluding carboxylic acids is 1. The van der Waals surface area contributed by atoms with Gasteiger partial charge in [0.05, 0.1) is 17.9 Å². The van der Waals surface area contributed by atoms with Crippen molar-refractivity contribution >= 4 is 17.5 Å². The molecule has 0 bridgehead atoms. The molecule has 104 valence electrons. The lowest BCUT2D eigenvalue weighted by atomic mass is 9.94. The second-order valence-corrected chi connectivity index (χ2v) is 5.82. The van der Waals surface area contributed by atoms with Crippen molar-refractivity contribution in [3.8, 4) is 0 Å². The van der Waals surface area contributed by atoms with E-state index in [1.165, 1.54) is 6.26 Å². The molecule has 2 fully saturated rings. The van der Waals surface area contributed by atoms with Crippen molar-refractivity contribution in [3.05, 3.63) is 23.1 Å². The molecule has 2 aliphatic rings. The third-order valence-corrected chi connectivity index (χ3v) is 4.73. The number of hydrogen-bond donors (Lipinski definition) is 1. The molecule has 3 unspecified atom stereocenters. The Hall–Kier alpha value is -1.00. The van der Waals surface area contributed by atoms with Crippen molar-refractivity contribution in [2.45, 2.75) is 44.2 Å². The summed E-state index contributed by atoms with van der Waals surface area (Å²) in [4.78, 5) is 14.4. The number of rotatable bonds is 2. The standard InChI is InChI=1S/C14H18ClNO3/c15-13-10(6-8-19-13)14(18)16-7-2-4-11(16)9-3-1-5-12(9)17/h6,8-9,11-12,17H,1-5,7H2. The van der Waals surface area contributed by atoms with E-state index in [0.29, 0.717) is 5.56 Å². The van der Waals surface area contributed by atoms with Gasteiger partial charge in [0, 0.05) is 18.5 Å². The van der Waals surface area contributed by atoms with Gasteiger partial charge in [-0.25, -0.2) is 0 Å². The largest absolute Gasteiger partial charge is 0.452 e. The zero-order valence-corrected chi connectivity index (χ0v) is 11.5. The molecule has 19 heavy (non-hydrogen) atoms. The quantitative estimate of drug-likeness (QED) is 0.908. The molecule has 1 saturated heterocycles. The summed E-state index contributed by atoms with van der Waals surface area (Å²) < 4.78 is 5.00. The first-order chi connectivity index (χ1) is 9.18. The molecule has 1 amide bonds. The fourth-order valence-corrected chi connectivity index (χ4v) is 3.70. The number of carbonyl (C=O) groups is 1. The van der Waals surface area contributed by atoms with Crippen LogP contribution >= 0.6 is 11.6 Å². The van der Waals surface area contributed by atoms with Gasteiger partial charge in [0.2, 0.25) is 5.22 Å².